The smallest absolute Gasteiger partial charge is 0.0565 e. The first kappa shape index (κ1) is 13.9. The Morgan fingerprint density at radius 3 is 2.88 bits per heavy atom. The fourth-order valence-corrected chi connectivity index (χ4v) is 5.00. The van der Waals surface area contributed by atoms with Crippen molar-refractivity contribution in [2.75, 3.05) is 25.4 Å². The molecule has 0 aliphatic carbocycles. The van der Waals surface area contributed by atoms with Crippen molar-refractivity contribution >= 4 is 39.0 Å². The molecule has 0 saturated carbocycles. The molecule has 2 N–H and O–H groups in total. The van der Waals surface area contributed by atoms with E-state index in [1.165, 1.54) is 15.1 Å². The lowest BCUT2D eigenvalue weighted by molar-refractivity contribution is 0.195. The van der Waals surface area contributed by atoms with Crippen LogP contribution in [0, 0.1) is 0 Å². The van der Waals surface area contributed by atoms with Gasteiger partial charge in [-0.05, 0) is 35.8 Å². The third-order valence-electron chi connectivity index (χ3n) is 3.04. The number of hydrogen-bond acceptors (Lipinski definition) is 4. The highest BCUT2D eigenvalue weighted by Gasteiger charge is 2.31. The second-order valence-electron chi connectivity index (χ2n) is 5.00. The van der Waals surface area contributed by atoms with Crippen LogP contribution in [-0.4, -0.2) is 35.0 Å². The van der Waals surface area contributed by atoms with Gasteiger partial charge in [0.05, 0.1) is 6.04 Å². The highest BCUT2D eigenvalue weighted by molar-refractivity contribution is 9.10. The number of halogens is 1. The molecule has 1 atom stereocenters. The predicted octanol–water partition coefficient (Wildman–Crippen LogP) is 3.34. The highest BCUT2D eigenvalue weighted by Crippen LogP contribution is 2.35. The van der Waals surface area contributed by atoms with Gasteiger partial charge >= 0.3 is 0 Å². The van der Waals surface area contributed by atoms with Gasteiger partial charge in [0.15, 0.2) is 0 Å². The van der Waals surface area contributed by atoms with Gasteiger partial charge in [-0.1, -0.05) is 0 Å². The summed E-state index contributed by atoms with van der Waals surface area (Å²) < 4.78 is 1.52. The molecule has 96 valence electrons. The minimum Gasteiger partial charge on any atom is -0.329 e. The summed E-state index contributed by atoms with van der Waals surface area (Å²) in [6.07, 6.45) is 0. The van der Waals surface area contributed by atoms with Crippen LogP contribution >= 0.6 is 39.0 Å². The van der Waals surface area contributed by atoms with Gasteiger partial charge in [0.2, 0.25) is 0 Å². The van der Waals surface area contributed by atoms with Crippen molar-refractivity contribution in [2.24, 2.45) is 5.73 Å². The molecule has 1 aromatic rings. The van der Waals surface area contributed by atoms with Crippen LogP contribution in [0.5, 0.6) is 0 Å². The molecule has 0 spiro atoms. The number of thioether (sulfide) groups is 1. The summed E-state index contributed by atoms with van der Waals surface area (Å²) in [7, 11) is 0. The molecule has 17 heavy (non-hydrogen) atoms. The molecule has 2 nitrogen and oxygen atoms in total. The summed E-state index contributed by atoms with van der Waals surface area (Å²) >= 11 is 7.39. The van der Waals surface area contributed by atoms with E-state index >= 15 is 0 Å². The van der Waals surface area contributed by atoms with Crippen LogP contribution in [0.15, 0.2) is 15.9 Å². The summed E-state index contributed by atoms with van der Waals surface area (Å²) in [6, 6.07) is 2.59. The van der Waals surface area contributed by atoms with Gasteiger partial charge in [-0.25, -0.2) is 0 Å². The van der Waals surface area contributed by atoms with Crippen LogP contribution in [0.3, 0.4) is 0 Å². The Labute approximate surface area is 120 Å². The van der Waals surface area contributed by atoms with E-state index in [9.17, 15) is 0 Å². The predicted molar refractivity (Wildman–Crippen MR) is 81.9 cm³/mol. The van der Waals surface area contributed by atoms with Crippen LogP contribution in [0.4, 0.5) is 0 Å². The monoisotopic (exact) mass is 334 g/mol. The van der Waals surface area contributed by atoms with E-state index in [1.807, 2.05) is 0 Å². The zero-order valence-corrected chi connectivity index (χ0v) is 13.5. The first-order valence-electron chi connectivity index (χ1n) is 5.84. The lowest BCUT2D eigenvalue weighted by Crippen LogP contribution is -2.46. The molecule has 0 aromatic carbocycles. The molecule has 0 amide bonds. The van der Waals surface area contributed by atoms with E-state index in [4.69, 9.17) is 5.73 Å². The molecule has 1 unspecified atom stereocenters. The summed E-state index contributed by atoms with van der Waals surface area (Å²) in [4.78, 5) is 3.91. The maximum Gasteiger partial charge on any atom is 0.0565 e. The minimum atomic E-state index is 0.347. The molecule has 1 aliphatic rings. The first-order valence-corrected chi connectivity index (χ1v) is 8.50. The Balaban J connectivity index is 2.13. The summed E-state index contributed by atoms with van der Waals surface area (Å²) in [5.41, 5.74) is 5.98. The molecular weight excluding hydrogens is 316 g/mol. The van der Waals surface area contributed by atoms with E-state index in [0.29, 0.717) is 17.3 Å². The topological polar surface area (TPSA) is 29.3 Å². The Morgan fingerprint density at radius 2 is 2.35 bits per heavy atom. The fraction of sp³-hybridized carbons (Fsp3) is 0.667. The maximum absolute atomic E-state index is 5.98. The number of rotatable bonds is 3. The molecule has 5 heteroatoms. The van der Waals surface area contributed by atoms with E-state index in [-0.39, 0.29) is 0 Å². The van der Waals surface area contributed by atoms with Crippen LogP contribution < -0.4 is 5.73 Å². The van der Waals surface area contributed by atoms with Crippen molar-refractivity contribution in [3.05, 3.63) is 20.8 Å². The highest BCUT2D eigenvalue weighted by atomic mass is 79.9. The second kappa shape index (κ2) is 5.61. The Hall–Kier alpha value is 0.450. The third-order valence-corrected chi connectivity index (χ3v) is 6.13. The average molecular weight is 335 g/mol. The molecule has 1 aromatic heterocycles. The summed E-state index contributed by atoms with van der Waals surface area (Å²) in [6.45, 7) is 7.61. The number of nitrogens with two attached hydrogens (primary N) is 1. The molecule has 1 saturated heterocycles. The van der Waals surface area contributed by atoms with Gasteiger partial charge in [0, 0.05) is 44.9 Å². The number of thiophene rings is 1. The van der Waals surface area contributed by atoms with Gasteiger partial charge in [0.1, 0.15) is 0 Å². The Kier molecular flexibility index (Phi) is 4.58. The van der Waals surface area contributed by atoms with Crippen molar-refractivity contribution in [1.29, 1.82) is 0 Å². The van der Waals surface area contributed by atoms with E-state index < -0.39 is 0 Å². The molecular formula is C12H19BrN2S2. The molecule has 0 radical (unpaired) electrons. The third kappa shape index (κ3) is 3.47. The fourth-order valence-electron chi connectivity index (χ4n) is 2.27. The first-order chi connectivity index (χ1) is 8.02. The van der Waals surface area contributed by atoms with E-state index in [1.54, 1.807) is 11.3 Å². The number of nitrogens with zero attached hydrogens (tertiary/aromatic N) is 1. The lowest BCUT2D eigenvalue weighted by atomic mass is 10.1. The Morgan fingerprint density at radius 1 is 1.59 bits per heavy atom. The molecule has 1 fully saturated rings. The quantitative estimate of drug-likeness (QED) is 0.919. The summed E-state index contributed by atoms with van der Waals surface area (Å²) in [5.74, 6) is 1.20. The van der Waals surface area contributed by atoms with Crippen LogP contribution in [0.2, 0.25) is 0 Å². The minimum absolute atomic E-state index is 0.347. The van der Waals surface area contributed by atoms with Gasteiger partial charge in [0.25, 0.3) is 0 Å². The zero-order valence-electron chi connectivity index (χ0n) is 10.3. The average Bonchev–Trinajstić information content (AvgIpc) is 2.64. The van der Waals surface area contributed by atoms with Gasteiger partial charge in [-0.3, -0.25) is 4.90 Å². The van der Waals surface area contributed by atoms with Crippen molar-refractivity contribution in [3.63, 3.8) is 0 Å². The number of hydrogen-bond donors (Lipinski definition) is 1. The zero-order chi connectivity index (χ0) is 12.5. The summed E-state index contributed by atoms with van der Waals surface area (Å²) in [5, 5.41) is 2.14. The van der Waals surface area contributed by atoms with Gasteiger partial charge < -0.3 is 5.73 Å². The molecule has 2 heterocycles. The van der Waals surface area contributed by atoms with Crippen LogP contribution in [-0.2, 0) is 0 Å². The van der Waals surface area contributed by atoms with Crippen molar-refractivity contribution in [3.8, 4) is 0 Å². The van der Waals surface area contributed by atoms with Crippen LogP contribution in [0.1, 0.15) is 24.8 Å². The standard InChI is InChI=1S/C12H19BrN2S2/c1-12(2)8-15(3-4-17-12)10(6-14)11-5-9(13)7-16-11/h5,7,10H,3-4,6,8,14H2,1-2H3. The second-order valence-corrected chi connectivity index (χ2v) is 8.66. The van der Waals surface area contributed by atoms with Crippen LogP contribution in [0.25, 0.3) is 0 Å². The van der Waals surface area contributed by atoms with E-state index in [0.717, 1.165) is 13.1 Å². The molecule has 0 bridgehead atoms. The van der Waals surface area contributed by atoms with Crippen molar-refractivity contribution in [2.45, 2.75) is 24.6 Å². The largest absolute Gasteiger partial charge is 0.329 e. The lowest BCUT2D eigenvalue weighted by Gasteiger charge is -2.41. The molecule has 1 aliphatic heterocycles. The van der Waals surface area contributed by atoms with Crippen molar-refractivity contribution < 1.29 is 0 Å². The van der Waals surface area contributed by atoms with Gasteiger partial charge in [-0.15, -0.1) is 11.3 Å². The normalized spacial score (nSPS) is 22.6. The van der Waals surface area contributed by atoms with Gasteiger partial charge in [-0.2, -0.15) is 11.8 Å². The Bertz CT molecular complexity index is 378. The van der Waals surface area contributed by atoms with Crippen molar-refractivity contribution in [1.82, 2.24) is 4.90 Å². The molecule has 2 rings (SSSR count). The SMILES string of the molecule is CC1(C)CN(C(CN)c2cc(Br)cs2)CCS1. The maximum atomic E-state index is 5.98. The van der Waals surface area contributed by atoms with E-state index in [2.05, 4.69) is 57.9 Å².